The Morgan fingerprint density at radius 3 is 2.91 bits per heavy atom. The number of halogens is 1. The lowest BCUT2D eigenvalue weighted by Gasteiger charge is -2.14. The molecule has 23 heavy (non-hydrogen) atoms. The molecule has 1 fully saturated rings. The van der Waals surface area contributed by atoms with Crippen LogP contribution in [0.3, 0.4) is 0 Å². The van der Waals surface area contributed by atoms with E-state index in [1.807, 2.05) is 12.1 Å². The van der Waals surface area contributed by atoms with Gasteiger partial charge in [0.25, 0.3) is 5.91 Å². The van der Waals surface area contributed by atoms with Crippen LogP contribution in [-0.2, 0) is 4.74 Å². The van der Waals surface area contributed by atoms with Crippen molar-refractivity contribution in [1.82, 2.24) is 0 Å². The maximum Gasteiger partial charge on any atom is 0.259 e. The molecule has 1 atom stereocenters. The number of nitrogens with one attached hydrogen (secondary N) is 1. The Morgan fingerprint density at radius 2 is 2.13 bits per heavy atom. The third-order valence-electron chi connectivity index (χ3n) is 3.66. The maximum absolute atomic E-state index is 12.5. The number of para-hydroxylation sites is 1. The summed E-state index contributed by atoms with van der Waals surface area (Å²) in [5.74, 6) is 0.331. The van der Waals surface area contributed by atoms with Gasteiger partial charge in [0.05, 0.1) is 11.7 Å². The van der Waals surface area contributed by atoms with Crippen LogP contribution in [0.2, 0.25) is 5.02 Å². The van der Waals surface area contributed by atoms with Crippen LogP contribution in [-0.4, -0.2) is 25.2 Å². The molecule has 1 aliphatic rings. The summed E-state index contributed by atoms with van der Waals surface area (Å²) in [6.45, 7) is 1.24. The van der Waals surface area contributed by atoms with Gasteiger partial charge in [-0.25, -0.2) is 0 Å². The van der Waals surface area contributed by atoms with Crippen molar-refractivity contribution in [3.8, 4) is 5.75 Å². The van der Waals surface area contributed by atoms with Crippen molar-refractivity contribution in [3.63, 3.8) is 0 Å². The van der Waals surface area contributed by atoms with Crippen molar-refractivity contribution in [2.45, 2.75) is 18.9 Å². The average molecular weight is 332 g/mol. The van der Waals surface area contributed by atoms with E-state index < -0.39 is 0 Å². The Bertz CT molecular complexity index is 683. The highest BCUT2D eigenvalue weighted by Gasteiger charge is 2.18. The van der Waals surface area contributed by atoms with Crippen LogP contribution in [0.15, 0.2) is 48.5 Å². The first-order valence-corrected chi connectivity index (χ1v) is 8.00. The molecule has 0 unspecified atom stereocenters. The van der Waals surface area contributed by atoms with E-state index in [4.69, 9.17) is 21.1 Å². The highest BCUT2D eigenvalue weighted by atomic mass is 35.5. The van der Waals surface area contributed by atoms with Gasteiger partial charge >= 0.3 is 0 Å². The smallest absolute Gasteiger partial charge is 0.259 e. The molecule has 0 spiro atoms. The minimum absolute atomic E-state index is 0.110. The number of ether oxygens (including phenoxy) is 2. The van der Waals surface area contributed by atoms with Gasteiger partial charge in [-0.2, -0.15) is 0 Å². The Hall–Kier alpha value is -2.04. The van der Waals surface area contributed by atoms with E-state index in [0.29, 0.717) is 28.6 Å². The van der Waals surface area contributed by atoms with Gasteiger partial charge in [-0.3, -0.25) is 4.79 Å². The Labute approximate surface area is 140 Å². The summed E-state index contributed by atoms with van der Waals surface area (Å²) in [5.41, 5.74) is 1.14. The normalized spacial score (nSPS) is 17.0. The van der Waals surface area contributed by atoms with Crippen LogP contribution in [0.25, 0.3) is 0 Å². The van der Waals surface area contributed by atoms with E-state index in [-0.39, 0.29) is 12.0 Å². The van der Waals surface area contributed by atoms with Crippen LogP contribution in [0.1, 0.15) is 23.2 Å². The number of hydrogen-bond acceptors (Lipinski definition) is 3. The fourth-order valence-corrected chi connectivity index (χ4v) is 2.69. The molecule has 2 aromatic rings. The lowest BCUT2D eigenvalue weighted by atomic mass is 10.1. The summed E-state index contributed by atoms with van der Waals surface area (Å²) in [5, 5.41) is 3.41. The highest BCUT2D eigenvalue weighted by molar-refractivity contribution is 6.31. The molecule has 0 saturated carbocycles. The van der Waals surface area contributed by atoms with Gasteiger partial charge in [0.1, 0.15) is 12.4 Å². The van der Waals surface area contributed by atoms with Gasteiger partial charge in [0.15, 0.2) is 0 Å². The van der Waals surface area contributed by atoms with Crippen molar-refractivity contribution in [2.24, 2.45) is 0 Å². The quantitative estimate of drug-likeness (QED) is 0.895. The summed E-state index contributed by atoms with van der Waals surface area (Å²) >= 11 is 5.94. The van der Waals surface area contributed by atoms with Gasteiger partial charge < -0.3 is 14.8 Å². The van der Waals surface area contributed by atoms with Gasteiger partial charge in [0.2, 0.25) is 0 Å². The Kier molecular flexibility index (Phi) is 5.16. The number of anilines is 1. The molecule has 3 rings (SSSR count). The number of amides is 1. The summed E-state index contributed by atoms with van der Waals surface area (Å²) < 4.78 is 11.3. The molecular weight excluding hydrogens is 314 g/mol. The van der Waals surface area contributed by atoms with Crippen molar-refractivity contribution in [2.75, 3.05) is 18.5 Å². The highest BCUT2D eigenvalue weighted by Crippen LogP contribution is 2.22. The molecule has 0 bridgehead atoms. The van der Waals surface area contributed by atoms with Crippen LogP contribution in [0.5, 0.6) is 5.75 Å². The predicted octanol–water partition coefficient (Wildman–Crippen LogP) is 4.15. The molecular formula is C18H18ClNO3. The third kappa shape index (κ3) is 4.24. The van der Waals surface area contributed by atoms with Gasteiger partial charge in [0, 0.05) is 17.3 Å². The van der Waals surface area contributed by atoms with Gasteiger partial charge in [-0.05, 0) is 43.2 Å². The van der Waals surface area contributed by atoms with Crippen molar-refractivity contribution in [1.29, 1.82) is 0 Å². The molecule has 1 N–H and O–H groups in total. The van der Waals surface area contributed by atoms with E-state index in [0.717, 1.165) is 19.4 Å². The summed E-state index contributed by atoms with van der Waals surface area (Å²) in [6.07, 6.45) is 2.17. The second kappa shape index (κ2) is 7.49. The fraction of sp³-hybridized carbons (Fsp3) is 0.278. The van der Waals surface area contributed by atoms with Crippen LogP contribution < -0.4 is 10.1 Å². The zero-order valence-electron chi connectivity index (χ0n) is 12.6. The van der Waals surface area contributed by atoms with Gasteiger partial charge in [-0.15, -0.1) is 0 Å². The van der Waals surface area contributed by atoms with E-state index >= 15 is 0 Å². The topological polar surface area (TPSA) is 47.6 Å². The zero-order valence-corrected chi connectivity index (χ0v) is 13.4. The molecule has 1 heterocycles. The maximum atomic E-state index is 12.5. The van der Waals surface area contributed by atoms with E-state index in [1.165, 1.54) is 0 Å². The summed E-state index contributed by atoms with van der Waals surface area (Å²) in [7, 11) is 0. The molecule has 1 aliphatic heterocycles. The molecule has 0 aliphatic carbocycles. The fourth-order valence-electron chi connectivity index (χ4n) is 2.50. The van der Waals surface area contributed by atoms with Crippen molar-refractivity contribution < 1.29 is 14.3 Å². The summed E-state index contributed by atoms with van der Waals surface area (Å²) in [6, 6.07) is 14.2. The molecule has 0 aromatic heterocycles. The zero-order chi connectivity index (χ0) is 16.1. The van der Waals surface area contributed by atoms with Gasteiger partial charge in [-0.1, -0.05) is 29.8 Å². The molecule has 2 aromatic carbocycles. The number of carbonyl (C=O) groups excluding carboxylic acids is 1. The van der Waals surface area contributed by atoms with Crippen molar-refractivity contribution >= 4 is 23.2 Å². The number of hydrogen-bond donors (Lipinski definition) is 1. The van der Waals surface area contributed by atoms with E-state index in [2.05, 4.69) is 5.32 Å². The number of carbonyl (C=O) groups is 1. The second-order valence-electron chi connectivity index (χ2n) is 5.41. The molecule has 5 heteroatoms. The first-order valence-electron chi connectivity index (χ1n) is 7.63. The molecule has 0 radical (unpaired) electrons. The third-order valence-corrected chi connectivity index (χ3v) is 3.90. The first-order chi connectivity index (χ1) is 11.2. The number of rotatable bonds is 5. The molecule has 120 valence electrons. The van der Waals surface area contributed by atoms with Crippen molar-refractivity contribution in [3.05, 3.63) is 59.1 Å². The molecule has 1 saturated heterocycles. The minimum atomic E-state index is -0.227. The number of benzene rings is 2. The lowest BCUT2D eigenvalue weighted by Crippen LogP contribution is -2.19. The van der Waals surface area contributed by atoms with Crippen LogP contribution in [0.4, 0.5) is 5.69 Å². The summed E-state index contributed by atoms with van der Waals surface area (Å²) in [4.78, 5) is 12.5. The monoisotopic (exact) mass is 331 g/mol. The standard InChI is InChI=1S/C18H18ClNO3/c19-13-5-3-6-14(11-13)20-18(21)16-8-1-2-9-17(16)23-12-15-7-4-10-22-15/h1-3,5-6,8-9,11,15H,4,7,10,12H2,(H,20,21)/t15-/m0/s1. The Balaban J connectivity index is 1.69. The largest absolute Gasteiger partial charge is 0.490 e. The minimum Gasteiger partial charge on any atom is -0.490 e. The van der Waals surface area contributed by atoms with Crippen LogP contribution in [0, 0.1) is 0 Å². The lowest BCUT2D eigenvalue weighted by molar-refractivity contribution is 0.0673. The predicted molar refractivity (Wildman–Crippen MR) is 90.3 cm³/mol. The first kappa shape index (κ1) is 15.8. The average Bonchev–Trinajstić information content (AvgIpc) is 3.06. The molecule has 4 nitrogen and oxygen atoms in total. The Morgan fingerprint density at radius 1 is 1.26 bits per heavy atom. The van der Waals surface area contributed by atoms with E-state index in [9.17, 15) is 4.79 Å². The van der Waals surface area contributed by atoms with Crippen LogP contribution >= 0.6 is 11.6 Å². The van der Waals surface area contributed by atoms with E-state index in [1.54, 1.807) is 36.4 Å². The second-order valence-corrected chi connectivity index (χ2v) is 5.84. The molecule has 1 amide bonds. The SMILES string of the molecule is O=C(Nc1cccc(Cl)c1)c1ccccc1OC[C@@H]1CCCO1.